The molecule has 2 heterocycles. The van der Waals surface area contributed by atoms with E-state index in [1.807, 2.05) is 19.9 Å². The number of carbonyl (C=O) groups excluding carboxylic acids is 2. The van der Waals surface area contributed by atoms with Gasteiger partial charge in [-0.2, -0.15) is 0 Å². The van der Waals surface area contributed by atoms with Gasteiger partial charge in [-0.15, -0.1) is 0 Å². The van der Waals surface area contributed by atoms with E-state index in [0.29, 0.717) is 0 Å². The number of carboxylic acid groups (broad SMARTS) is 1. The van der Waals surface area contributed by atoms with Gasteiger partial charge in [0, 0.05) is 17.7 Å². The van der Waals surface area contributed by atoms with Crippen LogP contribution < -0.4 is 5.32 Å². The maximum Gasteiger partial charge on any atom is 0.324 e. The number of hydrogen-bond donors (Lipinski definition) is 4. The summed E-state index contributed by atoms with van der Waals surface area (Å²) in [6.45, 7) is 3.77. The highest BCUT2D eigenvalue weighted by Gasteiger charge is 2.68. The number of rotatable bonds is 6. The van der Waals surface area contributed by atoms with Crippen LogP contribution in [-0.2, 0) is 20.9 Å². The van der Waals surface area contributed by atoms with Gasteiger partial charge in [-0.05, 0) is 24.0 Å². The lowest BCUT2D eigenvalue weighted by molar-refractivity contribution is -0.152. The van der Waals surface area contributed by atoms with Crippen LogP contribution in [0.5, 0.6) is 11.5 Å². The molecule has 0 saturated carbocycles. The second kappa shape index (κ2) is 7.94. The summed E-state index contributed by atoms with van der Waals surface area (Å²) >= 11 is 0. The summed E-state index contributed by atoms with van der Waals surface area (Å²) < 4.78 is 0. The molecule has 168 valence electrons. The van der Waals surface area contributed by atoms with Crippen molar-refractivity contribution >= 4 is 17.8 Å². The van der Waals surface area contributed by atoms with E-state index >= 15 is 0 Å². The number of fused-ring (bicyclic) bond motifs is 1. The van der Waals surface area contributed by atoms with Crippen LogP contribution in [0, 0.1) is 17.8 Å². The molecule has 2 aromatic carbocycles. The van der Waals surface area contributed by atoms with E-state index in [0.717, 1.165) is 16.5 Å². The molecule has 2 aliphatic heterocycles. The minimum Gasteiger partial charge on any atom is -0.508 e. The maximum absolute atomic E-state index is 13.5. The fourth-order valence-electron chi connectivity index (χ4n) is 5.16. The average molecular weight is 438 g/mol. The zero-order valence-electron chi connectivity index (χ0n) is 17.9. The van der Waals surface area contributed by atoms with Crippen molar-refractivity contribution in [2.24, 2.45) is 17.8 Å². The van der Waals surface area contributed by atoms with Gasteiger partial charge < -0.3 is 15.3 Å². The number of imide groups is 1. The molecule has 8 heteroatoms. The molecule has 4 N–H and O–H groups in total. The Bertz CT molecular complexity index is 1070. The smallest absolute Gasteiger partial charge is 0.324 e. The van der Waals surface area contributed by atoms with E-state index in [4.69, 9.17) is 0 Å². The van der Waals surface area contributed by atoms with Crippen molar-refractivity contribution in [3.63, 3.8) is 0 Å². The molecule has 32 heavy (non-hydrogen) atoms. The normalized spacial score (nSPS) is 27.2. The van der Waals surface area contributed by atoms with Gasteiger partial charge in [0.25, 0.3) is 0 Å². The number of phenols is 2. The molecule has 4 rings (SSSR count). The molecule has 0 aliphatic carbocycles. The van der Waals surface area contributed by atoms with Crippen molar-refractivity contribution in [1.29, 1.82) is 0 Å². The van der Waals surface area contributed by atoms with Gasteiger partial charge >= 0.3 is 5.97 Å². The first-order chi connectivity index (χ1) is 15.2. The Morgan fingerprint density at radius 2 is 1.78 bits per heavy atom. The minimum atomic E-state index is -1.66. The van der Waals surface area contributed by atoms with Gasteiger partial charge in [-0.1, -0.05) is 50.2 Å². The lowest BCUT2D eigenvalue weighted by Gasteiger charge is -2.32. The molecule has 4 unspecified atom stereocenters. The molecule has 2 fully saturated rings. The maximum atomic E-state index is 13.5. The van der Waals surface area contributed by atoms with Crippen molar-refractivity contribution in [2.45, 2.75) is 38.4 Å². The molecule has 4 atom stereocenters. The lowest BCUT2D eigenvalue weighted by atomic mass is 9.75. The summed E-state index contributed by atoms with van der Waals surface area (Å²) in [7, 11) is 0. The number of hydrogen-bond acceptors (Lipinski definition) is 6. The van der Waals surface area contributed by atoms with Crippen LogP contribution >= 0.6 is 0 Å². The first-order valence-electron chi connectivity index (χ1n) is 10.6. The van der Waals surface area contributed by atoms with E-state index in [9.17, 15) is 29.7 Å². The second-order valence-corrected chi connectivity index (χ2v) is 8.99. The fraction of sp³-hybridized carbons (Fsp3) is 0.375. The fourth-order valence-corrected chi connectivity index (χ4v) is 5.16. The summed E-state index contributed by atoms with van der Waals surface area (Å²) in [6, 6.07) is 12.1. The lowest BCUT2D eigenvalue weighted by Crippen LogP contribution is -2.56. The third kappa shape index (κ3) is 3.40. The molecular weight excluding hydrogens is 412 g/mol. The number of aliphatic carboxylic acids is 1. The number of nitrogens with one attached hydrogen (secondary N) is 1. The summed E-state index contributed by atoms with van der Waals surface area (Å²) in [4.78, 5) is 40.7. The Balaban J connectivity index is 1.82. The first kappa shape index (κ1) is 21.8. The number of likely N-dealkylation sites (tertiary alicyclic amines) is 1. The van der Waals surface area contributed by atoms with E-state index in [1.165, 1.54) is 12.1 Å². The zero-order chi connectivity index (χ0) is 23.2. The molecule has 2 amide bonds. The molecule has 0 bridgehead atoms. The van der Waals surface area contributed by atoms with Crippen LogP contribution in [0.2, 0.25) is 0 Å². The molecule has 2 aliphatic rings. The van der Waals surface area contributed by atoms with E-state index in [-0.39, 0.29) is 35.9 Å². The Hall–Kier alpha value is -3.39. The van der Waals surface area contributed by atoms with Crippen LogP contribution in [0.4, 0.5) is 0 Å². The third-order valence-corrected chi connectivity index (χ3v) is 6.39. The van der Waals surface area contributed by atoms with Crippen molar-refractivity contribution < 1.29 is 29.7 Å². The number of aromatic hydroxyl groups is 2. The van der Waals surface area contributed by atoms with Crippen LogP contribution in [-0.4, -0.2) is 43.5 Å². The van der Waals surface area contributed by atoms with Gasteiger partial charge in [0.1, 0.15) is 17.0 Å². The summed E-state index contributed by atoms with van der Waals surface area (Å²) in [5, 5.41) is 33.5. The number of carbonyl (C=O) groups is 3. The highest BCUT2D eigenvalue weighted by Crippen LogP contribution is 2.52. The third-order valence-electron chi connectivity index (χ3n) is 6.39. The first-order valence-corrected chi connectivity index (χ1v) is 10.6. The Labute approximate surface area is 185 Å². The summed E-state index contributed by atoms with van der Waals surface area (Å²) in [5.74, 6) is -4.81. The molecule has 2 saturated heterocycles. The Morgan fingerprint density at radius 3 is 2.38 bits per heavy atom. The van der Waals surface area contributed by atoms with Crippen LogP contribution in [0.1, 0.15) is 37.4 Å². The number of benzene rings is 2. The second-order valence-electron chi connectivity index (χ2n) is 8.99. The number of carboxylic acids is 1. The standard InChI is InChI=1S/C24H26N2O6/c1-13(2)11-24(23(31)32)19-18(20(25-24)16-9-8-15(27)10-17(16)28)21(29)26(22(19)30)12-14-6-4-3-5-7-14/h3-10,13,18-20,25,27-28H,11-12H2,1-2H3,(H,31,32). The van der Waals surface area contributed by atoms with Gasteiger partial charge in [-0.25, -0.2) is 0 Å². The topological polar surface area (TPSA) is 127 Å². The zero-order valence-corrected chi connectivity index (χ0v) is 17.9. The van der Waals surface area contributed by atoms with E-state index in [1.54, 1.807) is 24.3 Å². The average Bonchev–Trinajstić information content (AvgIpc) is 3.18. The van der Waals surface area contributed by atoms with Gasteiger partial charge in [0.05, 0.1) is 18.4 Å². The van der Waals surface area contributed by atoms with Gasteiger partial charge in [0.15, 0.2) is 0 Å². The molecule has 8 nitrogen and oxygen atoms in total. The Kier molecular flexibility index (Phi) is 5.42. The van der Waals surface area contributed by atoms with Gasteiger partial charge in [-0.3, -0.25) is 24.6 Å². The van der Waals surface area contributed by atoms with Crippen LogP contribution in [0.25, 0.3) is 0 Å². The monoisotopic (exact) mass is 438 g/mol. The van der Waals surface area contributed by atoms with Crippen molar-refractivity contribution in [2.75, 3.05) is 0 Å². The Morgan fingerprint density at radius 1 is 1.09 bits per heavy atom. The minimum absolute atomic E-state index is 0.0527. The van der Waals surface area contributed by atoms with Crippen molar-refractivity contribution in [3.8, 4) is 11.5 Å². The molecular formula is C24H26N2O6. The SMILES string of the molecule is CC(C)CC1(C(=O)O)NC(c2ccc(O)cc2O)C2C(=O)N(Cc3ccccc3)C(=O)C21. The molecule has 2 aromatic rings. The summed E-state index contributed by atoms with van der Waals surface area (Å²) in [6.07, 6.45) is 0.136. The number of nitrogens with zero attached hydrogens (tertiary/aromatic N) is 1. The summed E-state index contributed by atoms with van der Waals surface area (Å²) in [5.41, 5.74) is -0.630. The quantitative estimate of drug-likeness (QED) is 0.510. The van der Waals surface area contributed by atoms with Crippen molar-refractivity contribution in [1.82, 2.24) is 10.2 Å². The van der Waals surface area contributed by atoms with Crippen LogP contribution in [0.3, 0.4) is 0 Å². The number of phenolic OH excluding ortho intramolecular Hbond substituents is 2. The highest BCUT2D eigenvalue weighted by molar-refractivity contribution is 6.09. The molecule has 0 radical (unpaired) electrons. The van der Waals surface area contributed by atoms with E-state index in [2.05, 4.69) is 5.32 Å². The largest absolute Gasteiger partial charge is 0.508 e. The predicted octanol–water partition coefficient (Wildman–Crippen LogP) is 2.41. The highest BCUT2D eigenvalue weighted by atomic mass is 16.4. The predicted molar refractivity (Wildman–Crippen MR) is 114 cm³/mol. The van der Waals surface area contributed by atoms with Crippen molar-refractivity contribution in [3.05, 3.63) is 59.7 Å². The van der Waals surface area contributed by atoms with Gasteiger partial charge in [0.2, 0.25) is 11.8 Å². The number of amides is 2. The van der Waals surface area contributed by atoms with Crippen LogP contribution in [0.15, 0.2) is 48.5 Å². The molecule has 0 aromatic heterocycles. The van der Waals surface area contributed by atoms with E-state index < -0.39 is 41.2 Å². The molecule has 0 spiro atoms.